The highest BCUT2D eigenvalue weighted by Gasteiger charge is 2.29. The van der Waals surface area contributed by atoms with Crippen LogP contribution in [0.1, 0.15) is 34.3 Å². The smallest absolute Gasteiger partial charge is 0.294 e. The van der Waals surface area contributed by atoms with Crippen molar-refractivity contribution in [2.75, 3.05) is 32.8 Å². The number of nitrogens with one attached hydrogen (secondary N) is 2. The predicted molar refractivity (Wildman–Crippen MR) is 130 cm³/mol. The van der Waals surface area contributed by atoms with Gasteiger partial charge >= 0.3 is 0 Å². The van der Waals surface area contributed by atoms with Crippen molar-refractivity contribution in [3.8, 4) is 22.9 Å². The molecule has 2 fully saturated rings. The molecule has 2 aromatic carbocycles. The molecule has 0 radical (unpaired) electrons. The van der Waals surface area contributed by atoms with Crippen LogP contribution in [0, 0.1) is 17.1 Å². The summed E-state index contributed by atoms with van der Waals surface area (Å²) in [5.74, 6) is -1.59. The summed E-state index contributed by atoms with van der Waals surface area (Å²) < 4.78 is 26.5. The molecule has 2 atom stereocenters. The first-order valence-electron chi connectivity index (χ1n) is 12.4. The third-order valence-electron chi connectivity index (χ3n) is 6.86. The fourth-order valence-electron chi connectivity index (χ4n) is 4.64. The van der Waals surface area contributed by atoms with Crippen LogP contribution in [0.4, 0.5) is 4.39 Å². The van der Waals surface area contributed by atoms with Gasteiger partial charge in [0.1, 0.15) is 30.3 Å². The van der Waals surface area contributed by atoms with Gasteiger partial charge in [-0.1, -0.05) is 12.1 Å². The Kier molecular flexibility index (Phi) is 7.17. The molecule has 3 aliphatic heterocycles. The van der Waals surface area contributed by atoms with E-state index < -0.39 is 35.6 Å². The predicted octanol–water partition coefficient (Wildman–Crippen LogP) is 1.73. The minimum atomic E-state index is -0.944. The van der Waals surface area contributed by atoms with E-state index in [1.807, 2.05) is 6.07 Å². The molecule has 9 nitrogen and oxygen atoms in total. The minimum absolute atomic E-state index is 0.0379. The van der Waals surface area contributed by atoms with Crippen molar-refractivity contribution in [3.63, 3.8) is 0 Å². The first-order chi connectivity index (χ1) is 17.9. The van der Waals surface area contributed by atoms with E-state index in [0.717, 1.165) is 19.4 Å². The summed E-state index contributed by atoms with van der Waals surface area (Å²) >= 11 is 0. The van der Waals surface area contributed by atoms with Crippen molar-refractivity contribution >= 4 is 17.6 Å². The zero-order valence-corrected chi connectivity index (χ0v) is 20.2. The molecular formula is C27H27FN4O5. The Balaban J connectivity index is 1.31. The van der Waals surface area contributed by atoms with Crippen molar-refractivity contribution in [3.05, 3.63) is 52.8 Å². The van der Waals surface area contributed by atoms with Crippen LogP contribution in [-0.2, 0) is 27.4 Å². The topological polar surface area (TPSA) is 121 Å². The average Bonchev–Trinajstić information content (AvgIpc) is 3.16. The van der Waals surface area contributed by atoms with Gasteiger partial charge in [-0.15, -0.1) is 0 Å². The van der Waals surface area contributed by atoms with Crippen LogP contribution in [0.2, 0.25) is 0 Å². The van der Waals surface area contributed by atoms with Crippen LogP contribution >= 0.6 is 0 Å². The number of benzene rings is 2. The number of rotatable bonds is 6. The SMILES string of the molecule is N#CC(Cc1cc2c(cc1F)-c1ccc(C(=O)C(=O)N3CCC3)cc1CO2)NC(=O)[C@@H]1CNCCCO1. The Labute approximate surface area is 213 Å². The quantitative estimate of drug-likeness (QED) is 0.452. The standard InChI is InChI=1S/C27H27FN4O5/c28-22-12-21-20-4-3-16(25(33)27(35)32-6-2-7-32)9-18(20)15-37-23(21)11-17(22)10-19(13-29)31-26(34)24-14-30-5-1-8-36-24/h3-4,9,11-12,19,24,30H,1-2,5-8,10,14-15H2,(H,31,34)/t19?,24-/m0/s1. The maximum absolute atomic E-state index is 15.1. The number of hydrogen-bond acceptors (Lipinski definition) is 7. The van der Waals surface area contributed by atoms with E-state index in [0.29, 0.717) is 48.7 Å². The van der Waals surface area contributed by atoms with Crippen LogP contribution in [0.5, 0.6) is 5.75 Å². The lowest BCUT2D eigenvalue weighted by Crippen LogP contribution is -2.46. The molecule has 0 aliphatic carbocycles. The molecule has 3 aliphatic rings. The lowest BCUT2D eigenvalue weighted by molar-refractivity contribution is -0.132. The van der Waals surface area contributed by atoms with E-state index in [9.17, 15) is 19.6 Å². The number of ether oxygens (including phenoxy) is 2. The van der Waals surface area contributed by atoms with Crippen LogP contribution in [-0.4, -0.2) is 67.4 Å². The number of ketones is 1. The van der Waals surface area contributed by atoms with Crippen molar-refractivity contribution in [1.29, 1.82) is 5.26 Å². The number of Topliss-reactive ketones (excluding diaryl/α,β-unsaturated/α-hetero) is 1. The number of fused-ring (bicyclic) bond motifs is 3. The molecule has 2 saturated heterocycles. The summed E-state index contributed by atoms with van der Waals surface area (Å²) in [6, 6.07) is 8.85. The van der Waals surface area contributed by atoms with Gasteiger partial charge < -0.3 is 25.0 Å². The summed E-state index contributed by atoms with van der Waals surface area (Å²) in [5.41, 5.74) is 2.43. The van der Waals surface area contributed by atoms with E-state index in [2.05, 4.69) is 10.6 Å². The van der Waals surface area contributed by atoms with Gasteiger partial charge in [0, 0.05) is 43.8 Å². The number of halogens is 1. The van der Waals surface area contributed by atoms with E-state index >= 15 is 4.39 Å². The number of carbonyl (C=O) groups excluding carboxylic acids is 3. The summed E-state index contributed by atoms with van der Waals surface area (Å²) in [6.45, 7) is 2.89. The molecule has 0 spiro atoms. The molecule has 5 rings (SSSR count). The highest BCUT2D eigenvalue weighted by molar-refractivity contribution is 6.42. The molecule has 0 aromatic heterocycles. The number of carbonyl (C=O) groups is 3. The molecule has 1 unspecified atom stereocenters. The summed E-state index contributed by atoms with van der Waals surface area (Å²) in [5, 5.41) is 15.3. The Bertz CT molecular complexity index is 1280. The maximum Gasteiger partial charge on any atom is 0.294 e. The highest BCUT2D eigenvalue weighted by Crippen LogP contribution is 2.39. The third-order valence-corrected chi connectivity index (χ3v) is 6.86. The first kappa shape index (κ1) is 24.9. The second-order valence-corrected chi connectivity index (χ2v) is 9.39. The largest absolute Gasteiger partial charge is 0.488 e. The van der Waals surface area contributed by atoms with Gasteiger partial charge in [0.15, 0.2) is 0 Å². The van der Waals surface area contributed by atoms with Gasteiger partial charge in [0.05, 0.1) is 6.07 Å². The monoisotopic (exact) mass is 506 g/mol. The van der Waals surface area contributed by atoms with Gasteiger partial charge in [0.2, 0.25) is 5.78 Å². The highest BCUT2D eigenvalue weighted by atomic mass is 19.1. The molecular weight excluding hydrogens is 479 g/mol. The minimum Gasteiger partial charge on any atom is -0.488 e. The number of nitrogens with zero attached hydrogens (tertiary/aromatic N) is 2. The second-order valence-electron chi connectivity index (χ2n) is 9.39. The number of nitriles is 1. The molecule has 0 saturated carbocycles. The van der Waals surface area contributed by atoms with E-state index in [1.165, 1.54) is 11.0 Å². The fraction of sp³-hybridized carbons (Fsp3) is 0.407. The van der Waals surface area contributed by atoms with E-state index in [-0.39, 0.29) is 24.2 Å². The van der Waals surface area contributed by atoms with Crippen molar-refractivity contribution in [1.82, 2.24) is 15.5 Å². The molecule has 2 aromatic rings. The van der Waals surface area contributed by atoms with Gasteiger partial charge in [-0.2, -0.15) is 5.26 Å². The fourth-order valence-corrected chi connectivity index (χ4v) is 4.64. The van der Waals surface area contributed by atoms with Crippen molar-refractivity contribution in [2.24, 2.45) is 0 Å². The van der Waals surface area contributed by atoms with Gasteiger partial charge in [0.25, 0.3) is 11.8 Å². The van der Waals surface area contributed by atoms with Crippen LogP contribution in [0.3, 0.4) is 0 Å². The van der Waals surface area contributed by atoms with Gasteiger partial charge in [-0.3, -0.25) is 14.4 Å². The van der Waals surface area contributed by atoms with Crippen molar-refractivity contribution in [2.45, 2.75) is 38.0 Å². The van der Waals surface area contributed by atoms with Gasteiger partial charge in [-0.05, 0) is 54.3 Å². The Morgan fingerprint density at radius 1 is 1.19 bits per heavy atom. The molecule has 2 N–H and O–H groups in total. The maximum atomic E-state index is 15.1. The van der Waals surface area contributed by atoms with Crippen LogP contribution in [0.25, 0.3) is 11.1 Å². The molecule has 3 heterocycles. The third kappa shape index (κ3) is 5.19. The second kappa shape index (κ2) is 10.7. The van der Waals surface area contributed by atoms with Crippen molar-refractivity contribution < 1.29 is 28.2 Å². The lowest BCUT2D eigenvalue weighted by atomic mass is 9.92. The van der Waals surface area contributed by atoms with E-state index in [4.69, 9.17) is 9.47 Å². The Morgan fingerprint density at radius 3 is 2.78 bits per heavy atom. The van der Waals surface area contributed by atoms with Crippen LogP contribution in [0.15, 0.2) is 30.3 Å². The summed E-state index contributed by atoms with van der Waals surface area (Å²) in [6.07, 6.45) is 0.951. The van der Waals surface area contributed by atoms with E-state index in [1.54, 1.807) is 24.3 Å². The molecule has 37 heavy (non-hydrogen) atoms. The van der Waals surface area contributed by atoms with Gasteiger partial charge in [-0.25, -0.2) is 4.39 Å². The summed E-state index contributed by atoms with van der Waals surface area (Å²) in [7, 11) is 0. The zero-order valence-electron chi connectivity index (χ0n) is 20.2. The molecule has 2 amide bonds. The Hall–Kier alpha value is -3.81. The average molecular weight is 507 g/mol. The molecule has 10 heteroatoms. The summed E-state index contributed by atoms with van der Waals surface area (Å²) in [4.78, 5) is 38.9. The Morgan fingerprint density at radius 2 is 2.03 bits per heavy atom. The molecule has 0 bridgehead atoms. The first-order valence-corrected chi connectivity index (χ1v) is 12.4. The number of amides is 2. The van der Waals surface area contributed by atoms with Crippen LogP contribution < -0.4 is 15.4 Å². The zero-order chi connectivity index (χ0) is 25.9. The lowest BCUT2D eigenvalue weighted by Gasteiger charge is -2.30. The number of hydrogen-bond donors (Lipinski definition) is 2. The normalized spacial score (nSPS) is 19.1. The molecule has 192 valence electrons. The number of likely N-dealkylation sites (tertiary alicyclic amines) is 1.